The second-order valence-electron chi connectivity index (χ2n) is 7.31. The van der Waals surface area contributed by atoms with E-state index in [0.717, 1.165) is 42.6 Å². The Morgan fingerprint density at radius 2 is 2.00 bits per heavy atom. The number of nitrogens with one attached hydrogen (secondary N) is 1. The first-order valence-electron chi connectivity index (χ1n) is 9.66. The van der Waals surface area contributed by atoms with Gasteiger partial charge in [0.2, 0.25) is 0 Å². The topological polar surface area (TPSA) is 95.1 Å². The maximum atomic E-state index is 13.0. The number of aromatic nitrogens is 3. The monoisotopic (exact) mass is 379 g/mol. The minimum absolute atomic E-state index is 0.0209. The summed E-state index contributed by atoms with van der Waals surface area (Å²) in [4.78, 5) is 21.6. The first-order valence-corrected chi connectivity index (χ1v) is 9.66. The second kappa shape index (κ2) is 7.98. The van der Waals surface area contributed by atoms with Crippen molar-refractivity contribution in [1.29, 1.82) is 0 Å². The number of fused-ring (bicyclic) bond motifs is 1. The number of nitrogens with zero attached hydrogens (tertiary/aromatic N) is 3. The molecule has 1 atom stereocenters. The number of hydrogen-bond acceptors (Lipinski definition) is 6. The van der Waals surface area contributed by atoms with Crippen molar-refractivity contribution in [3.8, 4) is 0 Å². The van der Waals surface area contributed by atoms with Crippen LogP contribution in [0, 0.1) is 5.92 Å². The Hall–Kier alpha value is -2.93. The molecule has 0 spiro atoms. The lowest BCUT2D eigenvalue weighted by atomic mass is 10.00. The van der Waals surface area contributed by atoms with Crippen LogP contribution in [0.25, 0.3) is 10.9 Å². The molecule has 7 heteroatoms. The molecule has 1 fully saturated rings. The zero-order chi connectivity index (χ0) is 19.5. The van der Waals surface area contributed by atoms with Gasteiger partial charge in [-0.1, -0.05) is 0 Å². The third-order valence-electron chi connectivity index (χ3n) is 5.26. The fraction of sp³-hybridized carbons (Fsp3) is 0.381. The lowest BCUT2D eigenvalue weighted by Crippen LogP contribution is -2.28. The fourth-order valence-electron chi connectivity index (χ4n) is 3.73. The molecule has 2 aromatic heterocycles. The Bertz CT molecular complexity index is 1010. The van der Waals surface area contributed by atoms with Crippen molar-refractivity contribution in [1.82, 2.24) is 14.5 Å². The standard InChI is InChI=1S/C21H25N5O2/c1-14(21-23-7-2-8-24-21)25-18-12-20(27)26(13-15-5-9-28-10-6-15)19-4-3-16(22)11-17(18)19/h2-4,7-8,11-12,14-15,25H,5-6,9-10,13,22H2,1H3. The van der Waals surface area contributed by atoms with Crippen LogP contribution in [0.4, 0.5) is 11.4 Å². The van der Waals surface area contributed by atoms with Gasteiger partial charge < -0.3 is 20.4 Å². The molecule has 0 amide bonds. The molecule has 1 aliphatic heterocycles. The van der Waals surface area contributed by atoms with Crippen molar-refractivity contribution < 1.29 is 4.74 Å². The number of ether oxygens (including phenoxy) is 1. The Labute approximate surface area is 163 Å². The normalized spacial score (nSPS) is 16.2. The number of hydrogen-bond donors (Lipinski definition) is 2. The summed E-state index contributed by atoms with van der Waals surface area (Å²) in [6.07, 6.45) is 5.38. The van der Waals surface area contributed by atoms with E-state index in [0.29, 0.717) is 24.0 Å². The Kier molecular flexibility index (Phi) is 5.25. The van der Waals surface area contributed by atoms with Crippen LogP contribution in [-0.2, 0) is 11.3 Å². The van der Waals surface area contributed by atoms with Crippen LogP contribution in [0.2, 0.25) is 0 Å². The lowest BCUT2D eigenvalue weighted by molar-refractivity contribution is 0.0613. The van der Waals surface area contributed by atoms with Crippen molar-refractivity contribution in [3.63, 3.8) is 0 Å². The van der Waals surface area contributed by atoms with Crippen LogP contribution < -0.4 is 16.6 Å². The minimum atomic E-state index is -0.142. The highest BCUT2D eigenvalue weighted by Crippen LogP contribution is 2.28. The van der Waals surface area contributed by atoms with Crippen LogP contribution in [-0.4, -0.2) is 27.7 Å². The Balaban J connectivity index is 1.72. The van der Waals surface area contributed by atoms with Crippen LogP contribution >= 0.6 is 0 Å². The zero-order valence-corrected chi connectivity index (χ0v) is 16.0. The van der Waals surface area contributed by atoms with Crippen molar-refractivity contribution in [3.05, 3.63) is 58.9 Å². The highest BCUT2D eigenvalue weighted by Gasteiger charge is 2.18. The average molecular weight is 379 g/mol. The maximum Gasteiger partial charge on any atom is 0.253 e. The molecule has 0 saturated carbocycles. The molecule has 1 aromatic carbocycles. The molecule has 3 N–H and O–H groups in total. The molecule has 1 aliphatic rings. The molecule has 1 saturated heterocycles. The number of nitrogens with two attached hydrogens (primary N) is 1. The van der Waals surface area contributed by atoms with E-state index in [2.05, 4.69) is 15.3 Å². The summed E-state index contributed by atoms with van der Waals surface area (Å²) in [5, 5.41) is 4.31. The summed E-state index contributed by atoms with van der Waals surface area (Å²) in [6.45, 7) is 4.19. The quantitative estimate of drug-likeness (QED) is 0.662. The summed E-state index contributed by atoms with van der Waals surface area (Å²) < 4.78 is 7.31. The van der Waals surface area contributed by atoms with Gasteiger partial charge in [-0.15, -0.1) is 0 Å². The van der Waals surface area contributed by atoms with Gasteiger partial charge in [0.25, 0.3) is 5.56 Å². The maximum absolute atomic E-state index is 13.0. The molecule has 1 unspecified atom stereocenters. The second-order valence-corrected chi connectivity index (χ2v) is 7.31. The number of anilines is 2. The summed E-state index contributed by atoms with van der Waals surface area (Å²) in [6, 6.07) is 8.98. The minimum Gasteiger partial charge on any atom is -0.399 e. The molecule has 7 nitrogen and oxygen atoms in total. The SMILES string of the molecule is CC(Nc1cc(=O)n(CC2CCOCC2)c2ccc(N)cc12)c1ncccn1. The summed E-state index contributed by atoms with van der Waals surface area (Å²) in [5.41, 5.74) is 8.32. The number of nitrogen functional groups attached to an aromatic ring is 1. The van der Waals surface area contributed by atoms with E-state index in [4.69, 9.17) is 10.5 Å². The molecule has 4 rings (SSSR count). The Morgan fingerprint density at radius 1 is 1.25 bits per heavy atom. The lowest BCUT2D eigenvalue weighted by Gasteiger charge is -2.24. The van der Waals surface area contributed by atoms with Gasteiger partial charge >= 0.3 is 0 Å². The highest BCUT2D eigenvalue weighted by atomic mass is 16.5. The molecule has 28 heavy (non-hydrogen) atoms. The fourth-order valence-corrected chi connectivity index (χ4v) is 3.73. The number of benzene rings is 1. The van der Waals surface area contributed by atoms with Crippen LogP contribution in [0.15, 0.2) is 47.5 Å². The van der Waals surface area contributed by atoms with E-state index in [-0.39, 0.29) is 11.6 Å². The molecule has 3 aromatic rings. The first kappa shape index (κ1) is 18.4. The molecule has 0 bridgehead atoms. The van der Waals surface area contributed by atoms with Gasteiger partial charge in [-0.05, 0) is 49.9 Å². The zero-order valence-electron chi connectivity index (χ0n) is 16.0. The van der Waals surface area contributed by atoms with E-state index < -0.39 is 0 Å². The van der Waals surface area contributed by atoms with Crippen LogP contribution in [0.3, 0.4) is 0 Å². The van der Waals surface area contributed by atoms with Crippen molar-refractivity contribution in [2.24, 2.45) is 5.92 Å². The summed E-state index contributed by atoms with van der Waals surface area (Å²) >= 11 is 0. The third kappa shape index (κ3) is 3.84. The van der Waals surface area contributed by atoms with Gasteiger partial charge in [-0.2, -0.15) is 0 Å². The van der Waals surface area contributed by atoms with Gasteiger partial charge in [0, 0.05) is 55.0 Å². The van der Waals surface area contributed by atoms with E-state index in [1.807, 2.05) is 29.7 Å². The number of rotatable bonds is 5. The predicted molar refractivity (Wildman–Crippen MR) is 110 cm³/mol. The molecular weight excluding hydrogens is 354 g/mol. The molecule has 3 heterocycles. The smallest absolute Gasteiger partial charge is 0.253 e. The van der Waals surface area contributed by atoms with Gasteiger partial charge in [-0.3, -0.25) is 4.79 Å². The molecular formula is C21H25N5O2. The van der Waals surface area contributed by atoms with Crippen LogP contribution in [0.5, 0.6) is 0 Å². The van der Waals surface area contributed by atoms with Crippen molar-refractivity contribution in [2.45, 2.75) is 32.4 Å². The molecule has 146 valence electrons. The van der Waals surface area contributed by atoms with E-state index in [1.165, 1.54) is 0 Å². The number of pyridine rings is 1. The average Bonchev–Trinajstić information content (AvgIpc) is 2.72. The summed E-state index contributed by atoms with van der Waals surface area (Å²) in [7, 11) is 0. The van der Waals surface area contributed by atoms with Gasteiger partial charge in [-0.25, -0.2) is 9.97 Å². The van der Waals surface area contributed by atoms with E-state index in [9.17, 15) is 4.79 Å². The van der Waals surface area contributed by atoms with E-state index >= 15 is 0 Å². The molecule has 0 radical (unpaired) electrons. The van der Waals surface area contributed by atoms with Gasteiger partial charge in [0.1, 0.15) is 5.82 Å². The van der Waals surface area contributed by atoms with Crippen molar-refractivity contribution in [2.75, 3.05) is 24.3 Å². The van der Waals surface area contributed by atoms with Crippen molar-refractivity contribution >= 4 is 22.3 Å². The predicted octanol–water partition coefficient (Wildman–Crippen LogP) is 2.97. The largest absolute Gasteiger partial charge is 0.399 e. The van der Waals surface area contributed by atoms with Gasteiger partial charge in [0.15, 0.2) is 0 Å². The highest BCUT2D eigenvalue weighted by molar-refractivity contribution is 5.93. The first-order chi connectivity index (χ1) is 13.6. The molecule has 0 aliphatic carbocycles. The van der Waals surface area contributed by atoms with Gasteiger partial charge in [0.05, 0.1) is 11.6 Å². The van der Waals surface area contributed by atoms with E-state index in [1.54, 1.807) is 24.5 Å². The summed E-state index contributed by atoms with van der Waals surface area (Å²) in [5.74, 6) is 1.12. The third-order valence-corrected chi connectivity index (χ3v) is 5.26. The van der Waals surface area contributed by atoms with Crippen LogP contribution in [0.1, 0.15) is 31.6 Å². The Morgan fingerprint density at radius 3 is 2.75 bits per heavy atom.